The standard InChI is InChI=1S/C33H46O7/c1-24(17-18-37-22-28-13-15-29(36-8)16-14-28)11-9-10-12-30(38-23-35-7)26(3)19-25(2)20-27(4)31-21-32(34)40-33(5,6)39-31/h9-17,20-21,25-26,30H,18-19,22-23H2,1-8H3/b11-9+,12-10+,24-17+,27-20+/t25-,26-,30+/m0/s1. The van der Waals surface area contributed by atoms with E-state index in [0.29, 0.717) is 19.0 Å². The molecule has 0 N–H and O–H groups in total. The van der Waals surface area contributed by atoms with Crippen molar-refractivity contribution in [2.75, 3.05) is 27.6 Å². The van der Waals surface area contributed by atoms with Crippen molar-refractivity contribution < 1.29 is 33.2 Å². The molecule has 1 aromatic carbocycles. The van der Waals surface area contributed by atoms with Crippen molar-refractivity contribution in [3.8, 4) is 5.75 Å². The quantitative estimate of drug-likeness (QED) is 0.0937. The molecule has 0 spiro atoms. The Hall–Kier alpha value is -3.13. The highest BCUT2D eigenvalue weighted by Crippen LogP contribution is 2.28. The molecule has 7 nitrogen and oxygen atoms in total. The van der Waals surface area contributed by atoms with Gasteiger partial charge in [-0.3, -0.25) is 0 Å². The second-order valence-electron chi connectivity index (χ2n) is 10.6. The van der Waals surface area contributed by atoms with Gasteiger partial charge in [0.1, 0.15) is 18.3 Å². The van der Waals surface area contributed by atoms with Gasteiger partial charge in [0.25, 0.3) is 0 Å². The lowest BCUT2D eigenvalue weighted by molar-refractivity contribution is -0.203. The maximum atomic E-state index is 11.9. The molecule has 0 unspecified atom stereocenters. The molecular weight excluding hydrogens is 508 g/mol. The fourth-order valence-electron chi connectivity index (χ4n) is 4.28. The zero-order chi connectivity index (χ0) is 29.5. The van der Waals surface area contributed by atoms with Gasteiger partial charge in [-0.05, 0) is 55.4 Å². The summed E-state index contributed by atoms with van der Waals surface area (Å²) in [5.74, 6) is 0.489. The summed E-state index contributed by atoms with van der Waals surface area (Å²) < 4.78 is 33.1. The second-order valence-corrected chi connectivity index (χ2v) is 10.6. The molecule has 0 aromatic heterocycles. The van der Waals surface area contributed by atoms with Crippen molar-refractivity contribution in [1.29, 1.82) is 0 Å². The summed E-state index contributed by atoms with van der Waals surface area (Å²) in [6, 6.07) is 7.87. The van der Waals surface area contributed by atoms with Crippen molar-refractivity contribution in [2.45, 2.75) is 66.5 Å². The van der Waals surface area contributed by atoms with Crippen molar-refractivity contribution in [3.05, 3.63) is 89.3 Å². The minimum Gasteiger partial charge on any atom is -0.497 e. The van der Waals surface area contributed by atoms with Crippen molar-refractivity contribution in [3.63, 3.8) is 0 Å². The van der Waals surface area contributed by atoms with Crippen LogP contribution in [0.25, 0.3) is 0 Å². The van der Waals surface area contributed by atoms with Crippen LogP contribution in [-0.2, 0) is 35.1 Å². The highest BCUT2D eigenvalue weighted by atomic mass is 16.7. The summed E-state index contributed by atoms with van der Waals surface area (Å²) in [5.41, 5.74) is 3.13. The molecule has 0 fully saturated rings. The van der Waals surface area contributed by atoms with E-state index < -0.39 is 11.8 Å². The number of carbonyl (C=O) groups excluding carboxylic acids is 1. The molecule has 1 aliphatic heterocycles. The largest absolute Gasteiger partial charge is 0.497 e. The van der Waals surface area contributed by atoms with Crippen LogP contribution >= 0.6 is 0 Å². The molecular formula is C33H46O7. The van der Waals surface area contributed by atoms with E-state index in [0.717, 1.165) is 28.9 Å². The number of hydrogen-bond donors (Lipinski definition) is 0. The third kappa shape index (κ3) is 12.4. The van der Waals surface area contributed by atoms with Crippen LogP contribution in [0.2, 0.25) is 0 Å². The van der Waals surface area contributed by atoms with Crippen LogP contribution in [0, 0.1) is 11.8 Å². The fraction of sp³-hybridized carbons (Fsp3) is 0.485. The molecule has 0 bridgehead atoms. The van der Waals surface area contributed by atoms with Gasteiger partial charge in [-0.2, -0.15) is 0 Å². The van der Waals surface area contributed by atoms with Gasteiger partial charge in [-0.15, -0.1) is 0 Å². The summed E-state index contributed by atoms with van der Waals surface area (Å²) in [4.78, 5) is 11.9. The van der Waals surface area contributed by atoms with Crippen molar-refractivity contribution in [2.24, 2.45) is 11.8 Å². The van der Waals surface area contributed by atoms with Crippen molar-refractivity contribution in [1.82, 2.24) is 0 Å². The van der Waals surface area contributed by atoms with Crippen LogP contribution in [0.1, 0.15) is 53.5 Å². The maximum absolute atomic E-state index is 11.9. The molecule has 1 aliphatic rings. The van der Waals surface area contributed by atoms with Gasteiger partial charge in [-0.1, -0.05) is 68.0 Å². The summed E-state index contributed by atoms with van der Waals surface area (Å²) in [6.45, 7) is 13.1. The highest BCUT2D eigenvalue weighted by Gasteiger charge is 2.30. The van der Waals surface area contributed by atoms with Crippen LogP contribution < -0.4 is 4.74 Å². The molecule has 3 atom stereocenters. The van der Waals surface area contributed by atoms with Gasteiger partial charge in [0, 0.05) is 21.0 Å². The van der Waals surface area contributed by atoms with E-state index in [-0.39, 0.29) is 24.7 Å². The Morgan fingerprint density at radius 2 is 1.77 bits per heavy atom. The Balaban J connectivity index is 1.88. The number of carbonyl (C=O) groups is 1. The Morgan fingerprint density at radius 1 is 1.05 bits per heavy atom. The Kier molecular flexibility index (Phi) is 13.9. The van der Waals surface area contributed by atoms with Gasteiger partial charge in [0.05, 0.1) is 32.5 Å². The summed E-state index contributed by atoms with van der Waals surface area (Å²) >= 11 is 0. The van der Waals surface area contributed by atoms with E-state index in [1.165, 1.54) is 6.08 Å². The van der Waals surface area contributed by atoms with Crippen molar-refractivity contribution >= 4 is 5.97 Å². The molecule has 1 aromatic rings. The summed E-state index contributed by atoms with van der Waals surface area (Å²) in [7, 11) is 3.28. The van der Waals surface area contributed by atoms with Gasteiger partial charge in [-0.25, -0.2) is 4.79 Å². The van der Waals surface area contributed by atoms with E-state index >= 15 is 0 Å². The van der Waals surface area contributed by atoms with Crippen LogP contribution in [0.4, 0.5) is 0 Å². The van der Waals surface area contributed by atoms with Gasteiger partial charge < -0.3 is 28.4 Å². The fourth-order valence-corrected chi connectivity index (χ4v) is 4.28. The molecule has 2 rings (SSSR count). The molecule has 220 valence electrons. The SMILES string of the molecule is COCO[C@H](/C=C/C=C/C(C)=C/COCc1ccc(OC)cc1)[C@@H](C)C[C@H](C)/C=C(\C)C1=CC(=O)OC(C)(C)O1. The molecule has 7 heteroatoms. The number of cyclic esters (lactones) is 1. The Morgan fingerprint density at radius 3 is 2.42 bits per heavy atom. The molecule has 0 radical (unpaired) electrons. The molecule has 40 heavy (non-hydrogen) atoms. The van der Waals surface area contributed by atoms with Crippen LogP contribution in [0.5, 0.6) is 5.75 Å². The first-order valence-electron chi connectivity index (χ1n) is 13.7. The average Bonchev–Trinajstić information content (AvgIpc) is 2.89. The summed E-state index contributed by atoms with van der Waals surface area (Å²) in [6.07, 6.45) is 14.5. The van der Waals surface area contributed by atoms with Gasteiger partial charge in [0.15, 0.2) is 0 Å². The first-order chi connectivity index (χ1) is 19.0. The lowest BCUT2D eigenvalue weighted by atomic mass is 9.91. The van der Waals surface area contributed by atoms with Gasteiger partial charge >= 0.3 is 5.97 Å². The predicted octanol–water partition coefficient (Wildman–Crippen LogP) is 7.06. The topological polar surface area (TPSA) is 72.5 Å². The zero-order valence-electron chi connectivity index (χ0n) is 25.3. The first-order valence-corrected chi connectivity index (χ1v) is 13.7. The molecule has 1 heterocycles. The van der Waals surface area contributed by atoms with E-state index in [9.17, 15) is 4.79 Å². The molecule has 0 saturated heterocycles. The number of rotatable bonds is 16. The third-order valence-electron chi connectivity index (χ3n) is 6.28. The highest BCUT2D eigenvalue weighted by molar-refractivity contribution is 5.84. The second kappa shape index (κ2) is 16.9. The summed E-state index contributed by atoms with van der Waals surface area (Å²) in [5, 5.41) is 0. The minimum absolute atomic E-state index is 0.114. The molecule has 0 saturated carbocycles. The molecule has 0 aliphatic carbocycles. The zero-order valence-corrected chi connectivity index (χ0v) is 25.3. The van der Waals surface area contributed by atoms with E-state index in [1.54, 1.807) is 28.1 Å². The van der Waals surface area contributed by atoms with Crippen LogP contribution in [-0.4, -0.2) is 45.5 Å². The number of methoxy groups -OCH3 is 2. The monoisotopic (exact) mass is 554 g/mol. The first kappa shape index (κ1) is 33.1. The average molecular weight is 555 g/mol. The number of allylic oxidation sites excluding steroid dienone is 6. The maximum Gasteiger partial charge on any atom is 0.337 e. The van der Waals surface area contributed by atoms with Crippen LogP contribution in [0.15, 0.2) is 83.7 Å². The molecule has 0 amide bonds. The van der Waals surface area contributed by atoms with Crippen LogP contribution in [0.3, 0.4) is 0 Å². The van der Waals surface area contributed by atoms with Gasteiger partial charge in [0.2, 0.25) is 5.79 Å². The Labute approximate surface area is 240 Å². The lowest BCUT2D eigenvalue weighted by Crippen LogP contribution is -2.34. The number of esters is 1. The Bertz CT molecular complexity index is 1080. The number of ether oxygens (including phenoxy) is 6. The normalized spacial score (nSPS) is 18.3. The number of hydrogen-bond acceptors (Lipinski definition) is 7. The van der Waals surface area contributed by atoms with E-state index in [2.05, 4.69) is 32.1 Å². The lowest BCUT2D eigenvalue weighted by Gasteiger charge is -2.31. The number of benzene rings is 1. The predicted molar refractivity (Wildman–Crippen MR) is 157 cm³/mol. The minimum atomic E-state index is -0.970. The third-order valence-corrected chi connectivity index (χ3v) is 6.28. The van der Waals surface area contributed by atoms with E-state index in [4.69, 9.17) is 28.4 Å². The smallest absolute Gasteiger partial charge is 0.337 e. The van der Waals surface area contributed by atoms with E-state index in [1.807, 2.05) is 56.3 Å².